The largest absolute Gasteiger partial charge is 0.311 e. The van der Waals surface area contributed by atoms with Crippen LogP contribution < -0.4 is 5.32 Å². The lowest BCUT2D eigenvalue weighted by atomic mass is 9.95. The van der Waals surface area contributed by atoms with Gasteiger partial charge in [-0.1, -0.05) is 0 Å². The molecule has 5 nitrogen and oxygen atoms in total. The maximum Gasteiger partial charge on any atom is 0.226 e. The molecule has 0 fully saturated rings. The molecule has 0 unspecified atom stereocenters. The number of amides is 1. The topological polar surface area (TPSA) is 78.7 Å². The molecule has 0 aliphatic heterocycles. The van der Waals surface area contributed by atoms with Crippen molar-refractivity contribution in [2.45, 2.75) is 44.1 Å². The third kappa shape index (κ3) is 4.58. The standard InChI is InChI=1S/C19H20N4OS/c1-13-6-8-21-17(10-13)23-18(24)7-9-25-19-15(12-20)11-14-4-2-3-5-16(14)22-19/h6,8,10-11H,2-5,7,9H2,1H3,(H,21,23,24). The van der Waals surface area contributed by atoms with E-state index in [1.807, 2.05) is 25.1 Å². The van der Waals surface area contributed by atoms with Crippen LogP contribution in [0.5, 0.6) is 0 Å². The normalized spacial score (nSPS) is 13.0. The molecule has 0 bridgehead atoms. The number of carbonyl (C=O) groups is 1. The second-order valence-corrected chi connectivity index (χ2v) is 7.21. The first-order valence-corrected chi connectivity index (χ1v) is 9.42. The van der Waals surface area contributed by atoms with E-state index in [4.69, 9.17) is 0 Å². The van der Waals surface area contributed by atoms with Crippen molar-refractivity contribution >= 4 is 23.5 Å². The maximum atomic E-state index is 12.1. The number of rotatable bonds is 5. The fourth-order valence-corrected chi connectivity index (χ4v) is 3.77. The summed E-state index contributed by atoms with van der Waals surface area (Å²) in [6.07, 6.45) is 6.34. The van der Waals surface area contributed by atoms with Crippen molar-refractivity contribution in [1.29, 1.82) is 5.26 Å². The first-order chi connectivity index (χ1) is 12.2. The number of hydrogen-bond acceptors (Lipinski definition) is 5. The zero-order valence-electron chi connectivity index (χ0n) is 14.2. The number of hydrogen-bond donors (Lipinski definition) is 1. The van der Waals surface area contributed by atoms with Crippen molar-refractivity contribution in [1.82, 2.24) is 9.97 Å². The molecule has 2 aromatic rings. The van der Waals surface area contributed by atoms with Gasteiger partial charge in [-0.05, 0) is 61.9 Å². The number of nitriles is 1. The fourth-order valence-electron chi connectivity index (χ4n) is 2.86. The van der Waals surface area contributed by atoms with Crippen LogP contribution >= 0.6 is 11.8 Å². The Morgan fingerprint density at radius 2 is 2.20 bits per heavy atom. The van der Waals surface area contributed by atoms with Crippen molar-refractivity contribution in [3.63, 3.8) is 0 Å². The van der Waals surface area contributed by atoms with Gasteiger partial charge in [-0.2, -0.15) is 5.26 Å². The molecule has 0 spiro atoms. The van der Waals surface area contributed by atoms with Gasteiger partial charge in [-0.15, -0.1) is 11.8 Å². The summed E-state index contributed by atoms with van der Waals surface area (Å²) in [6.45, 7) is 1.96. The van der Waals surface area contributed by atoms with E-state index in [1.54, 1.807) is 6.20 Å². The van der Waals surface area contributed by atoms with Crippen LogP contribution in [0.3, 0.4) is 0 Å². The minimum atomic E-state index is -0.0814. The molecule has 1 N–H and O–H groups in total. The van der Waals surface area contributed by atoms with Crippen LogP contribution in [-0.4, -0.2) is 21.6 Å². The van der Waals surface area contributed by atoms with E-state index < -0.39 is 0 Å². The highest BCUT2D eigenvalue weighted by Crippen LogP contribution is 2.27. The molecular formula is C19H20N4OS. The van der Waals surface area contributed by atoms with E-state index in [2.05, 4.69) is 21.4 Å². The molecule has 1 aliphatic rings. The van der Waals surface area contributed by atoms with Crippen molar-refractivity contribution in [3.05, 3.63) is 46.8 Å². The minimum absolute atomic E-state index is 0.0814. The van der Waals surface area contributed by atoms with Gasteiger partial charge in [0.15, 0.2) is 0 Å². The second-order valence-electron chi connectivity index (χ2n) is 6.13. The van der Waals surface area contributed by atoms with E-state index in [0.717, 1.165) is 35.5 Å². The first kappa shape index (κ1) is 17.4. The zero-order valence-corrected chi connectivity index (χ0v) is 15.0. The minimum Gasteiger partial charge on any atom is -0.311 e. The smallest absolute Gasteiger partial charge is 0.226 e. The highest BCUT2D eigenvalue weighted by Gasteiger charge is 2.15. The molecule has 1 aliphatic carbocycles. The lowest BCUT2D eigenvalue weighted by molar-refractivity contribution is -0.115. The summed E-state index contributed by atoms with van der Waals surface area (Å²) in [7, 11) is 0. The Labute approximate surface area is 151 Å². The number of aromatic nitrogens is 2. The van der Waals surface area contributed by atoms with Gasteiger partial charge < -0.3 is 5.32 Å². The van der Waals surface area contributed by atoms with Crippen LogP contribution in [0.15, 0.2) is 29.4 Å². The molecule has 0 atom stereocenters. The molecule has 0 saturated heterocycles. The molecule has 6 heteroatoms. The van der Waals surface area contributed by atoms with Crippen molar-refractivity contribution in [2.24, 2.45) is 0 Å². The Balaban J connectivity index is 1.58. The fraction of sp³-hybridized carbons (Fsp3) is 0.368. The van der Waals surface area contributed by atoms with E-state index in [9.17, 15) is 10.1 Å². The molecular weight excluding hydrogens is 332 g/mol. The number of anilines is 1. The van der Waals surface area contributed by atoms with E-state index in [-0.39, 0.29) is 5.91 Å². The monoisotopic (exact) mass is 352 g/mol. The summed E-state index contributed by atoms with van der Waals surface area (Å²) in [5, 5.41) is 12.9. The highest BCUT2D eigenvalue weighted by atomic mass is 32.2. The molecule has 0 saturated carbocycles. The van der Waals surface area contributed by atoms with Crippen LogP contribution in [0.25, 0.3) is 0 Å². The van der Waals surface area contributed by atoms with Gasteiger partial charge in [0.2, 0.25) is 5.91 Å². The van der Waals surface area contributed by atoms with E-state index >= 15 is 0 Å². The Kier molecular flexibility index (Phi) is 5.67. The Hall–Kier alpha value is -2.39. The number of pyridine rings is 2. The highest BCUT2D eigenvalue weighted by molar-refractivity contribution is 7.99. The number of fused-ring (bicyclic) bond motifs is 1. The third-order valence-corrected chi connectivity index (χ3v) is 5.13. The first-order valence-electron chi connectivity index (χ1n) is 8.44. The van der Waals surface area contributed by atoms with Crippen LogP contribution in [0.4, 0.5) is 5.82 Å². The Bertz CT molecular complexity index is 829. The van der Waals surface area contributed by atoms with Crippen molar-refractivity contribution < 1.29 is 4.79 Å². The van der Waals surface area contributed by atoms with Crippen LogP contribution in [0.1, 0.15) is 41.6 Å². The van der Waals surface area contributed by atoms with E-state index in [0.29, 0.717) is 23.6 Å². The quantitative estimate of drug-likeness (QED) is 0.831. The molecule has 2 heterocycles. The lowest BCUT2D eigenvalue weighted by Gasteiger charge is -2.16. The van der Waals surface area contributed by atoms with Gasteiger partial charge in [0.1, 0.15) is 16.9 Å². The van der Waals surface area contributed by atoms with E-state index in [1.165, 1.54) is 23.7 Å². The van der Waals surface area contributed by atoms with Crippen molar-refractivity contribution in [3.8, 4) is 6.07 Å². The SMILES string of the molecule is Cc1ccnc(NC(=O)CCSc2nc3c(cc2C#N)CCCC3)c1. The summed E-state index contributed by atoms with van der Waals surface area (Å²) < 4.78 is 0. The summed E-state index contributed by atoms with van der Waals surface area (Å²) in [5.41, 5.74) is 3.99. The third-order valence-electron chi connectivity index (χ3n) is 4.14. The van der Waals surface area contributed by atoms with Gasteiger partial charge in [-0.25, -0.2) is 9.97 Å². The lowest BCUT2D eigenvalue weighted by Crippen LogP contribution is -2.13. The molecule has 3 rings (SSSR count). The molecule has 2 aromatic heterocycles. The van der Waals surface area contributed by atoms with Gasteiger partial charge in [0.05, 0.1) is 5.56 Å². The van der Waals surface area contributed by atoms with Crippen LogP contribution in [-0.2, 0) is 17.6 Å². The Morgan fingerprint density at radius 1 is 1.36 bits per heavy atom. The predicted molar refractivity (Wildman–Crippen MR) is 98.5 cm³/mol. The second kappa shape index (κ2) is 8.13. The number of nitrogens with one attached hydrogen (secondary N) is 1. The van der Waals surface area contributed by atoms with Gasteiger partial charge in [0.25, 0.3) is 0 Å². The summed E-state index contributed by atoms with van der Waals surface area (Å²) in [5.74, 6) is 1.07. The average molecular weight is 352 g/mol. The number of thioether (sulfide) groups is 1. The molecule has 1 amide bonds. The number of carbonyl (C=O) groups excluding carboxylic acids is 1. The molecule has 0 aromatic carbocycles. The molecule has 128 valence electrons. The van der Waals surface area contributed by atoms with Crippen LogP contribution in [0, 0.1) is 18.3 Å². The summed E-state index contributed by atoms with van der Waals surface area (Å²) >= 11 is 1.47. The number of aryl methyl sites for hydroxylation is 3. The molecule has 25 heavy (non-hydrogen) atoms. The maximum absolute atomic E-state index is 12.1. The zero-order chi connectivity index (χ0) is 17.6. The molecule has 0 radical (unpaired) electrons. The van der Waals surface area contributed by atoms with Gasteiger partial charge in [0, 0.05) is 24.1 Å². The van der Waals surface area contributed by atoms with Gasteiger partial charge in [-0.3, -0.25) is 4.79 Å². The van der Waals surface area contributed by atoms with Gasteiger partial charge >= 0.3 is 0 Å². The van der Waals surface area contributed by atoms with Crippen LogP contribution in [0.2, 0.25) is 0 Å². The predicted octanol–water partition coefficient (Wildman–Crippen LogP) is 3.66. The van der Waals surface area contributed by atoms with Crippen molar-refractivity contribution in [2.75, 3.05) is 11.1 Å². The number of nitrogens with zero attached hydrogens (tertiary/aromatic N) is 3. The Morgan fingerprint density at radius 3 is 3.00 bits per heavy atom. The summed E-state index contributed by atoms with van der Waals surface area (Å²) in [4.78, 5) is 20.9. The average Bonchev–Trinajstić information content (AvgIpc) is 2.61. The summed E-state index contributed by atoms with van der Waals surface area (Å²) in [6, 6.07) is 7.93.